The smallest absolute Gasteiger partial charge is 0.330 e. The zero-order valence-electron chi connectivity index (χ0n) is 20.7. The summed E-state index contributed by atoms with van der Waals surface area (Å²) in [5.74, 6) is -0.852. The Balaban J connectivity index is 1.65. The lowest BCUT2D eigenvalue weighted by Crippen LogP contribution is -2.52. The Morgan fingerprint density at radius 2 is 1.75 bits per heavy atom. The third-order valence-corrected chi connectivity index (χ3v) is 7.46. The average molecular weight is 515 g/mol. The molecule has 1 atom stereocenters. The fourth-order valence-electron chi connectivity index (χ4n) is 4.52. The van der Waals surface area contributed by atoms with Crippen LogP contribution in [0.1, 0.15) is 64.3 Å². The van der Waals surface area contributed by atoms with Crippen LogP contribution in [0.5, 0.6) is 0 Å². The van der Waals surface area contributed by atoms with Crippen LogP contribution in [0.2, 0.25) is 0 Å². The van der Waals surface area contributed by atoms with Gasteiger partial charge in [-0.1, -0.05) is 35.9 Å². The lowest BCUT2D eigenvalue weighted by atomic mass is 9.92. The molecule has 3 aromatic rings. The number of amides is 2. The van der Waals surface area contributed by atoms with Gasteiger partial charge in [0.25, 0.3) is 5.91 Å². The van der Waals surface area contributed by atoms with Gasteiger partial charge in [-0.15, -0.1) is 11.3 Å². The molecule has 0 aliphatic carbocycles. The molecule has 190 valence electrons. The molecule has 36 heavy (non-hydrogen) atoms. The lowest BCUT2D eigenvalue weighted by molar-refractivity contribution is -0.137. The average Bonchev–Trinajstić information content (AvgIpc) is 3.30. The number of halogens is 3. The van der Waals surface area contributed by atoms with E-state index in [0.29, 0.717) is 6.54 Å². The molecular formula is C28H29F3N2O2S. The zero-order valence-corrected chi connectivity index (χ0v) is 21.5. The van der Waals surface area contributed by atoms with Gasteiger partial charge in [-0.05, 0) is 74.9 Å². The minimum Gasteiger partial charge on any atom is -0.330 e. The number of hydrogen-bond donors (Lipinski definition) is 0. The Labute approximate surface area is 213 Å². The summed E-state index contributed by atoms with van der Waals surface area (Å²) in [5.41, 5.74) is 1.40. The van der Waals surface area contributed by atoms with Gasteiger partial charge < -0.3 is 9.80 Å². The van der Waals surface area contributed by atoms with Gasteiger partial charge in [-0.2, -0.15) is 13.2 Å². The van der Waals surface area contributed by atoms with Crippen LogP contribution in [0, 0.1) is 6.92 Å². The van der Waals surface area contributed by atoms with E-state index >= 15 is 0 Å². The molecule has 0 saturated carbocycles. The molecule has 0 radical (unpaired) electrons. The van der Waals surface area contributed by atoms with E-state index in [1.54, 1.807) is 37.0 Å². The Hall–Kier alpha value is -3.13. The molecule has 2 heterocycles. The zero-order chi connectivity index (χ0) is 26.3. The van der Waals surface area contributed by atoms with Gasteiger partial charge in [-0.3, -0.25) is 9.59 Å². The summed E-state index contributed by atoms with van der Waals surface area (Å²) in [7, 11) is 0. The highest BCUT2D eigenvalue weighted by molar-refractivity contribution is 7.10. The number of rotatable bonds is 4. The second-order valence-corrected chi connectivity index (χ2v) is 11.1. The van der Waals surface area contributed by atoms with Crippen molar-refractivity contribution in [2.75, 3.05) is 13.1 Å². The summed E-state index contributed by atoms with van der Waals surface area (Å²) in [6, 6.07) is 14.2. The first-order valence-corrected chi connectivity index (χ1v) is 12.7. The first-order chi connectivity index (χ1) is 16.9. The number of aryl methyl sites for hydroxylation is 1. The first-order valence-electron chi connectivity index (χ1n) is 11.8. The third-order valence-electron chi connectivity index (χ3n) is 6.46. The molecule has 0 spiro atoms. The van der Waals surface area contributed by atoms with Crippen LogP contribution in [-0.2, 0) is 17.4 Å². The molecule has 2 amide bonds. The van der Waals surface area contributed by atoms with Crippen LogP contribution in [0.4, 0.5) is 13.2 Å². The van der Waals surface area contributed by atoms with Gasteiger partial charge in [0.2, 0.25) is 5.91 Å². The van der Waals surface area contributed by atoms with E-state index in [1.807, 2.05) is 42.6 Å². The lowest BCUT2D eigenvalue weighted by Gasteiger charge is -2.40. The number of nitrogens with zero attached hydrogens (tertiary/aromatic N) is 2. The van der Waals surface area contributed by atoms with Gasteiger partial charge in [0, 0.05) is 22.5 Å². The molecule has 1 aromatic heterocycles. The Kier molecular flexibility index (Phi) is 7.01. The maximum Gasteiger partial charge on any atom is 0.416 e. The van der Waals surface area contributed by atoms with Crippen molar-refractivity contribution in [2.45, 2.75) is 51.9 Å². The van der Waals surface area contributed by atoms with E-state index < -0.39 is 23.2 Å². The largest absolute Gasteiger partial charge is 0.416 e. The number of carbonyl (C=O) groups excluding carboxylic acids is 2. The fourth-order valence-corrected chi connectivity index (χ4v) is 5.42. The van der Waals surface area contributed by atoms with Crippen molar-refractivity contribution in [1.29, 1.82) is 0 Å². The second kappa shape index (κ2) is 9.73. The van der Waals surface area contributed by atoms with Crippen LogP contribution < -0.4 is 0 Å². The standard InChI is InChI=1S/C28H29F3N2O2S/c1-18-8-10-19(11-9-18)25-22-13-15-36-23(22)12-14-32(25)24(34)17-33(27(2,3)4)26(35)20-6-5-7-21(16-20)28(29,30)31/h5-11,13,15-16,25H,12,14,17H2,1-4H3. The van der Waals surface area contributed by atoms with Crippen LogP contribution in [-0.4, -0.2) is 40.2 Å². The van der Waals surface area contributed by atoms with Gasteiger partial charge in [0.15, 0.2) is 0 Å². The Morgan fingerprint density at radius 3 is 2.39 bits per heavy atom. The number of hydrogen-bond acceptors (Lipinski definition) is 3. The topological polar surface area (TPSA) is 40.6 Å². The molecular weight excluding hydrogens is 485 g/mol. The summed E-state index contributed by atoms with van der Waals surface area (Å²) in [4.78, 5) is 31.6. The Bertz CT molecular complexity index is 1260. The molecule has 0 fully saturated rings. The number of benzene rings is 2. The number of alkyl halides is 3. The van der Waals surface area contributed by atoms with Gasteiger partial charge in [0.1, 0.15) is 6.54 Å². The maximum absolute atomic E-state index is 13.8. The molecule has 2 aromatic carbocycles. The predicted molar refractivity (Wildman–Crippen MR) is 135 cm³/mol. The fraction of sp³-hybridized carbons (Fsp3) is 0.357. The number of fused-ring (bicyclic) bond motifs is 1. The minimum absolute atomic E-state index is 0.0959. The van der Waals surface area contributed by atoms with E-state index in [2.05, 4.69) is 0 Å². The van der Waals surface area contributed by atoms with Crippen LogP contribution in [0.15, 0.2) is 60.0 Å². The summed E-state index contributed by atoms with van der Waals surface area (Å²) in [5, 5.41) is 2.03. The summed E-state index contributed by atoms with van der Waals surface area (Å²) < 4.78 is 39.8. The van der Waals surface area contributed by atoms with Gasteiger partial charge in [-0.25, -0.2) is 0 Å². The van der Waals surface area contributed by atoms with E-state index in [-0.39, 0.29) is 24.1 Å². The van der Waals surface area contributed by atoms with Gasteiger partial charge >= 0.3 is 6.18 Å². The SMILES string of the molecule is Cc1ccc(C2c3ccsc3CCN2C(=O)CN(C(=O)c2cccc(C(F)(F)F)c2)C(C)(C)C)cc1. The molecule has 0 bridgehead atoms. The molecule has 4 rings (SSSR count). The van der Waals surface area contributed by atoms with Crippen molar-refractivity contribution < 1.29 is 22.8 Å². The van der Waals surface area contributed by atoms with E-state index in [1.165, 1.54) is 21.9 Å². The van der Waals surface area contributed by atoms with Crippen LogP contribution in [0.25, 0.3) is 0 Å². The molecule has 1 aliphatic rings. The Morgan fingerprint density at radius 1 is 1.06 bits per heavy atom. The number of carbonyl (C=O) groups is 2. The molecule has 1 unspecified atom stereocenters. The van der Waals surface area contributed by atoms with E-state index in [4.69, 9.17) is 0 Å². The maximum atomic E-state index is 13.8. The third kappa shape index (κ3) is 5.33. The van der Waals surface area contributed by atoms with Crippen LogP contribution in [0.3, 0.4) is 0 Å². The van der Waals surface area contributed by atoms with Crippen molar-refractivity contribution in [3.63, 3.8) is 0 Å². The van der Waals surface area contributed by atoms with E-state index in [9.17, 15) is 22.8 Å². The molecule has 0 N–H and O–H groups in total. The van der Waals surface area contributed by atoms with Gasteiger partial charge in [0.05, 0.1) is 11.6 Å². The highest BCUT2D eigenvalue weighted by atomic mass is 32.1. The van der Waals surface area contributed by atoms with E-state index in [0.717, 1.165) is 35.2 Å². The highest BCUT2D eigenvalue weighted by Crippen LogP contribution is 2.38. The monoisotopic (exact) mass is 514 g/mol. The normalized spacial score (nSPS) is 16.0. The summed E-state index contributed by atoms with van der Waals surface area (Å²) in [6.07, 6.45) is -3.84. The summed E-state index contributed by atoms with van der Waals surface area (Å²) in [6.45, 7) is 7.59. The van der Waals surface area contributed by atoms with Crippen molar-refractivity contribution in [3.8, 4) is 0 Å². The second-order valence-electron chi connectivity index (χ2n) is 10.1. The van der Waals surface area contributed by atoms with Crippen molar-refractivity contribution >= 4 is 23.2 Å². The van der Waals surface area contributed by atoms with Crippen molar-refractivity contribution in [2.24, 2.45) is 0 Å². The van der Waals surface area contributed by atoms with Crippen molar-refractivity contribution in [1.82, 2.24) is 9.80 Å². The first kappa shape index (κ1) is 25.9. The minimum atomic E-state index is -4.56. The molecule has 4 nitrogen and oxygen atoms in total. The molecule has 1 aliphatic heterocycles. The summed E-state index contributed by atoms with van der Waals surface area (Å²) >= 11 is 1.67. The van der Waals surface area contributed by atoms with Crippen LogP contribution >= 0.6 is 11.3 Å². The molecule has 8 heteroatoms. The van der Waals surface area contributed by atoms with Crippen molar-refractivity contribution in [3.05, 3.63) is 92.7 Å². The highest BCUT2D eigenvalue weighted by Gasteiger charge is 2.37. The quantitative estimate of drug-likeness (QED) is 0.399. The number of thiophene rings is 1. The predicted octanol–water partition coefficient (Wildman–Crippen LogP) is 6.49. The molecule has 0 saturated heterocycles.